The normalized spacial score (nSPS) is 15.0. The number of amides is 3. The Morgan fingerprint density at radius 3 is 2.40 bits per heavy atom. The maximum absolute atomic E-state index is 12.5. The van der Waals surface area contributed by atoms with Crippen LogP contribution >= 0.6 is 23.4 Å². The van der Waals surface area contributed by atoms with Crippen molar-refractivity contribution in [3.05, 3.63) is 59.8 Å². The van der Waals surface area contributed by atoms with Gasteiger partial charge in [0.25, 0.3) is 10.0 Å². The minimum atomic E-state index is -4.06. The van der Waals surface area contributed by atoms with Crippen molar-refractivity contribution in [1.29, 1.82) is 0 Å². The number of carbonyl (C=O) groups excluding carboxylic acids is 2. The second-order valence-electron chi connectivity index (χ2n) is 11.2. The highest BCUT2D eigenvalue weighted by atomic mass is 35.5. The van der Waals surface area contributed by atoms with Crippen LogP contribution in [0, 0.1) is 0 Å². The lowest BCUT2D eigenvalue weighted by molar-refractivity contribution is 0.0448. The van der Waals surface area contributed by atoms with Gasteiger partial charge in [0.1, 0.15) is 16.4 Å². The molecule has 0 aliphatic carbocycles. The van der Waals surface area contributed by atoms with Gasteiger partial charge in [-0.05, 0) is 64.8 Å². The van der Waals surface area contributed by atoms with E-state index >= 15 is 0 Å². The van der Waals surface area contributed by atoms with Crippen molar-refractivity contribution in [2.75, 3.05) is 29.0 Å². The molecular weight excluding hydrogens is 614 g/mol. The molecule has 0 bridgehead atoms. The molecule has 230 valence electrons. The molecule has 2 heterocycles. The summed E-state index contributed by atoms with van der Waals surface area (Å²) in [6.07, 6.45) is 2.55. The number of sulfonamides is 1. The molecule has 43 heavy (non-hydrogen) atoms. The lowest BCUT2D eigenvalue weighted by atomic mass is 9.90. The van der Waals surface area contributed by atoms with Crippen molar-refractivity contribution in [3.8, 4) is 0 Å². The Morgan fingerprint density at radius 2 is 1.77 bits per heavy atom. The predicted molar refractivity (Wildman–Crippen MR) is 167 cm³/mol. The third kappa shape index (κ3) is 8.65. The van der Waals surface area contributed by atoms with Gasteiger partial charge in [0, 0.05) is 23.5 Å². The molecule has 12 nitrogen and oxygen atoms in total. The molecule has 3 aromatic rings. The van der Waals surface area contributed by atoms with E-state index in [2.05, 4.69) is 25.5 Å². The van der Waals surface area contributed by atoms with Crippen LogP contribution in [-0.2, 0) is 14.8 Å². The maximum Gasteiger partial charge on any atom is 0.408 e. The molecule has 5 N–H and O–H groups in total. The standard InChI is InChI=1S/C28H34ClN7O5S2/c1-27(2,3)41-26(38)34-28(4)13-15-36(16-14-28)21-17-31-24(23(30)33-21)42-20-12-8-11-19(22(20)29)32-25(37)35-43(39,40)18-9-6-5-7-10-18/h5-12,17H,13-16H2,1-4H3,(H2,30,33)(H,34,38)(H2,32,35,37). The van der Waals surface area contributed by atoms with Crippen LogP contribution in [0.3, 0.4) is 0 Å². The second-order valence-corrected chi connectivity index (χ2v) is 14.3. The van der Waals surface area contributed by atoms with Gasteiger partial charge in [0.05, 0.1) is 21.8 Å². The Morgan fingerprint density at radius 1 is 1.09 bits per heavy atom. The van der Waals surface area contributed by atoms with Crippen molar-refractivity contribution >= 4 is 62.8 Å². The monoisotopic (exact) mass is 647 g/mol. The van der Waals surface area contributed by atoms with Crippen molar-refractivity contribution < 1.29 is 22.7 Å². The molecule has 0 spiro atoms. The number of nitrogens with one attached hydrogen (secondary N) is 3. The number of piperidine rings is 1. The minimum Gasteiger partial charge on any atom is -0.444 e. The van der Waals surface area contributed by atoms with E-state index in [0.717, 1.165) is 11.8 Å². The molecule has 0 atom stereocenters. The summed E-state index contributed by atoms with van der Waals surface area (Å²) in [6.45, 7) is 8.73. The van der Waals surface area contributed by atoms with Crippen LogP contribution in [0.25, 0.3) is 0 Å². The van der Waals surface area contributed by atoms with Crippen molar-refractivity contribution in [3.63, 3.8) is 0 Å². The predicted octanol–water partition coefficient (Wildman–Crippen LogP) is 5.26. The summed E-state index contributed by atoms with van der Waals surface area (Å²) in [5.74, 6) is 0.808. The van der Waals surface area contributed by atoms with Gasteiger partial charge in [-0.15, -0.1) is 0 Å². The largest absolute Gasteiger partial charge is 0.444 e. The van der Waals surface area contributed by atoms with Crippen LogP contribution in [-0.4, -0.2) is 54.7 Å². The molecule has 0 saturated carbocycles. The summed E-state index contributed by atoms with van der Waals surface area (Å²) >= 11 is 7.70. The molecular formula is C28H34ClN7O5S2. The zero-order valence-corrected chi connectivity index (χ0v) is 26.6. The van der Waals surface area contributed by atoms with Gasteiger partial charge in [-0.1, -0.05) is 47.6 Å². The molecule has 1 fully saturated rings. The van der Waals surface area contributed by atoms with E-state index in [0.29, 0.717) is 41.7 Å². The average molecular weight is 648 g/mol. The topological polar surface area (TPSA) is 169 Å². The fraction of sp³-hybridized carbons (Fsp3) is 0.357. The molecule has 1 aliphatic rings. The molecule has 4 rings (SSSR count). The van der Waals surface area contributed by atoms with Gasteiger partial charge in [-0.25, -0.2) is 32.7 Å². The van der Waals surface area contributed by atoms with E-state index in [4.69, 9.17) is 22.1 Å². The van der Waals surface area contributed by atoms with Crippen LogP contribution < -0.4 is 26.0 Å². The van der Waals surface area contributed by atoms with Gasteiger partial charge in [0.15, 0.2) is 5.82 Å². The van der Waals surface area contributed by atoms with Gasteiger partial charge >= 0.3 is 12.1 Å². The summed E-state index contributed by atoms with van der Waals surface area (Å²) in [5, 5.41) is 6.05. The Bertz CT molecular complexity index is 1590. The average Bonchev–Trinajstić information content (AvgIpc) is 2.91. The van der Waals surface area contributed by atoms with Gasteiger partial charge in [0.2, 0.25) is 0 Å². The number of nitrogens with zero attached hydrogens (tertiary/aromatic N) is 3. The third-order valence-electron chi connectivity index (χ3n) is 6.44. The quantitative estimate of drug-likeness (QED) is 0.265. The smallest absolute Gasteiger partial charge is 0.408 e. The fourth-order valence-corrected chi connectivity index (χ4v) is 6.26. The Hall–Kier alpha value is -3.75. The molecule has 2 aromatic carbocycles. The van der Waals surface area contributed by atoms with Crippen LogP contribution in [0.15, 0.2) is 69.5 Å². The minimum absolute atomic E-state index is 0.0471. The molecule has 0 radical (unpaired) electrons. The lowest BCUT2D eigenvalue weighted by Gasteiger charge is -2.40. The van der Waals surface area contributed by atoms with Crippen molar-refractivity contribution in [1.82, 2.24) is 20.0 Å². The van der Waals surface area contributed by atoms with Gasteiger partial charge in [-0.2, -0.15) is 0 Å². The highest BCUT2D eigenvalue weighted by Crippen LogP contribution is 2.39. The number of halogens is 1. The molecule has 0 unspecified atom stereocenters. The Balaban J connectivity index is 1.38. The molecule has 1 saturated heterocycles. The molecule has 1 aromatic heterocycles. The number of nitrogen functional groups attached to an aromatic ring is 1. The van der Waals surface area contributed by atoms with Crippen LogP contribution in [0.1, 0.15) is 40.5 Å². The number of benzene rings is 2. The summed E-state index contributed by atoms with van der Waals surface area (Å²) in [4.78, 5) is 36.3. The van der Waals surface area contributed by atoms with Gasteiger partial charge in [-0.3, -0.25) is 0 Å². The number of alkyl carbamates (subject to hydrolysis) is 1. The van der Waals surface area contributed by atoms with Gasteiger partial charge < -0.3 is 26.0 Å². The maximum atomic E-state index is 12.5. The van der Waals surface area contributed by atoms with Crippen molar-refractivity contribution in [2.45, 2.75) is 66.5 Å². The summed E-state index contributed by atoms with van der Waals surface area (Å²) in [5.41, 5.74) is 5.48. The fourth-order valence-electron chi connectivity index (χ4n) is 4.24. The molecule has 15 heteroatoms. The summed E-state index contributed by atoms with van der Waals surface area (Å²) < 4.78 is 32.3. The highest BCUT2D eigenvalue weighted by molar-refractivity contribution is 7.99. The molecule has 1 aliphatic heterocycles. The van der Waals surface area contributed by atoms with Crippen LogP contribution in [0.5, 0.6) is 0 Å². The zero-order valence-electron chi connectivity index (χ0n) is 24.2. The number of aromatic nitrogens is 2. The SMILES string of the molecule is CC1(NC(=O)OC(C)(C)C)CCN(c2cnc(Sc3cccc(NC(=O)NS(=O)(=O)c4ccccc4)c3Cl)c(N)n2)CC1. The first kappa shape index (κ1) is 32.2. The number of anilines is 3. The van der Waals surface area contributed by atoms with Crippen molar-refractivity contribution in [2.24, 2.45) is 0 Å². The number of urea groups is 1. The number of hydrogen-bond acceptors (Lipinski definition) is 10. The summed E-state index contributed by atoms with van der Waals surface area (Å²) in [7, 11) is -4.06. The van der Waals surface area contributed by atoms with E-state index < -0.39 is 33.3 Å². The lowest BCUT2D eigenvalue weighted by Crippen LogP contribution is -2.54. The van der Waals surface area contributed by atoms with E-state index in [1.54, 1.807) is 42.6 Å². The van der Waals surface area contributed by atoms with Crippen LogP contribution in [0.4, 0.5) is 26.9 Å². The number of ether oxygens (including phenoxy) is 1. The number of rotatable bonds is 7. The van der Waals surface area contributed by atoms with Crippen LogP contribution in [0.2, 0.25) is 5.02 Å². The first-order valence-corrected chi connectivity index (χ1v) is 16.1. The third-order valence-corrected chi connectivity index (χ3v) is 9.38. The first-order chi connectivity index (χ1) is 20.1. The van der Waals surface area contributed by atoms with E-state index in [9.17, 15) is 18.0 Å². The Kier molecular flexibility index (Phi) is 9.62. The number of hydrogen-bond donors (Lipinski definition) is 4. The first-order valence-electron chi connectivity index (χ1n) is 13.4. The second kappa shape index (κ2) is 12.9. The highest BCUT2D eigenvalue weighted by Gasteiger charge is 2.33. The molecule has 3 amide bonds. The number of nitrogens with two attached hydrogens (primary N) is 1. The Labute approximate surface area is 260 Å². The van der Waals surface area contributed by atoms with E-state index in [1.165, 1.54) is 12.1 Å². The van der Waals surface area contributed by atoms with E-state index in [1.807, 2.05) is 32.4 Å². The van der Waals surface area contributed by atoms with E-state index in [-0.39, 0.29) is 21.4 Å². The number of carbonyl (C=O) groups is 2. The zero-order chi connectivity index (χ0) is 31.4. The summed E-state index contributed by atoms with van der Waals surface area (Å²) in [6, 6.07) is 11.5.